The van der Waals surface area contributed by atoms with Crippen molar-refractivity contribution >= 4 is 11.7 Å². The summed E-state index contributed by atoms with van der Waals surface area (Å²) >= 11 is 0. The topological polar surface area (TPSA) is 94.0 Å². The van der Waals surface area contributed by atoms with Gasteiger partial charge in [-0.2, -0.15) is 0 Å². The average molecular weight is 236 g/mol. The van der Waals surface area contributed by atoms with E-state index < -0.39 is 5.91 Å². The van der Waals surface area contributed by atoms with E-state index >= 15 is 0 Å². The monoisotopic (exact) mass is 236 g/mol. The number of nitrogens with zero attached hydrogens (tertiary/aromatic N) is 1. The van der Waals surface area contributed by atoms with Crippen LogP contribution < -0.4 is 16.8 Å². The lowest BCUT2D eigenvalue weighted by atomic mass is 9.94. The molecular formula is C12H20N4O. The van der Waals surface area contributed by atoms with Gasteiger partial charge in [0, 0.05) is 12.1 Å². The van der Waals surface area contributed by atoms with E-state index in [1.165, 1.54) is 0 Å². The second kappa shape index (κ2) is 5.63. The van der Waals surface area contributed by atoms with Gasteiger partial charge in [-0.3, -0.25) is 4.79 Å². The van der Waals surface area contributed by atoms with Crippen molar-refractivity contribution in [2.45, 2.75) is 32.2 Å². The van der Waals surface area contributed by atoms with Crippen molar-refractivity contribution in [3.63, 3.8) is 0 Å². The maximum atomic E-state index is 11.0. The van der Waals surface area contributed by atoms with Crippen LogP contribution in [0.5, 0.6) is 0 Å². The quantitative estimate of drug-likeness (QED) is 0.689. The Kier molecular flexibility index (Phi) is 4.45. The summed E-state index contributed by atoms with van der Waals surface area (Å²) in [5.41, 5.74) is 11.3. The lowest BCUT2D eigenvalue weighted by Crippen LogP contribution is -2.45. The summed E-state index contributed by atoms with van der Waals surface area (Å²) in [4.78, 5) is 15.1. The van der Waals surface area contributed by atoms with Crippen molar-refractivity contribution in [3.8, 4) is 0 Å². The van der Waals surface area contributed by atoms with Gasteiger partial charge in [-0.15, -0.1) is 0 Å². The number of anilines is 1. The molecule has 5 N–H and O–H groups in total. The van der Waals surface area contributed by atoms with Crippen molar-refractivity contribution in [2.75, 3.05) is 11.9 Å². The summed E-state index contributed by atoms with van der Waals surface area (Å²) in [5, 5.41) is 3.14. The molecule has 0 atom stereocenters. The van der Waals surface area contributed by atoms with Crippen LogP contribution in [0.15, 0.2) is 18.2 Å². The molecule has 1 rings (SSSR count). The fourth-order valence-corrected chi connectivity index (χ4v) is 1.44. The van der Waals surface area contributed by atoms with Crippen LogP contribution >= 0.6 is 0 Å². The summed E-state index contributed by atoms with van der Waals surface area (Å²) < 4.78 is 0. The predicted molar refractivity (Wildman–Crippen MR) is 68.7 cm³/mol. The van der Waals surface area contributed by atoms with Gasteiger partial charge in [0.25, 0.3) is 5.91 Å². The minimum Gasteiger partial charge on any atom is -0.368 e. The standard InChI is InChI=1S/C12H20N4O/c1-3-12(14,4-2)8-15-10-7-5-6-9(16-10)11(13)17/h5-7H,3-4,8,14H2,1-2H3,(H2,13,17)(H,15,16). The van der Waals surface area contributed by atoms with Gasteiger partial charge >= 0.3 is 0 Å². The lowest BCUT2D eigenvalue weighted by molar-refractivity contribution is 0.0995. The molecule has 0 spiro atoms. The molecule has 17 heavy (non-hydrogen) atoms. The number of pyridine rings is 1. The van der Waals surface area contributed by atoms with Crippen molar-refractivity contribution in [1.29, 1.82) is 0 Å². The van der Waals surface area contributed by atoms with Gasteiger partial charge in [-0.05, 0) is 25.0 Å². The highest BCUT2D eigenvalue weighted by Gasteiger charge is 2.19. The number of nitrogens with two attached hydrogens (primary N) is 2. The minimum absolute atomic E-state index is 0.246. The number of rotatable bonds is 6. The number of aromatic nitrogens is 1. The maximum absolute atomic E-state index is 11.0. The van der Waals surface area contributed by atoms with Crippen molar-refractivity contribution in [2.24, 2.45) is 11.5 Å². The lowest BCUT2D eigenvalue weighted by Gasteiger charge is -2.27. The Bertz CT molecular complexity index is 388. The highest BCUT2D eigenvalue weighted by molar-refractivity contribution is 5.91. The third-order valence-electron chi connectivity index (χ3n) is 3.03. The Labute approximate surface area is 102 Å². The van der Waals surface area contributed by atoms with Crippen molar-refractivity contribution in [1.82, 2.24) is 4.98 Å². The van der Waals surface area contributed by atoms with Crippen molar-refractivity contribution < 1.29 is 4.79 Å². The smallest absolute Gasteiger partial charge is 0.267 e. The van der Waals surface area contributed by atoms with E-state index in [1.807, 2.05) is 0 Å². The van der Waals surface area contributed by atoms with Gasteiger partial charge in [-0.1, -0.05) is 19.9 Å². The van der Waals surface area contributed by atoms with Crippen LogP contribution in [0.2, 0.25) is 0 Å². The van der Waals surface area contributed by atoms with E-state index in [9.17, 15) is 4.79 Å². The summed E-state index contributed by atoms with van der Waals surface area (Å²) in [6, 6.07) is 5.12. The van der Waals surface area contributed by atoms with E-state index in [-0.39, 0.29) is 11.2 Å². The molecule has 94 valence electrons. The molecule has 0 bridgehead atoms. The first-order valence-electron chi connectivity index (χ1n) is 5.80. The predicted octanol–water partition coefficient (Wildman–Crippen LogP) is 1.11. The van der Waals surface area contributed by atoms with Gasteiger partial charge in [0.15, 0.2) is 0 Å². The van der Waals surface area contributed by atoms with Gasteiger partial charge < -0.3 is 16.8 Å². The van der Waals surface area contributed by atoms with Crippen LogP contribution in [-0.4, -0.2) is 23.0 Å². The molecule has 0 aromatic carbocycles. The van der Waals surface area contributed by atoms with E-state index in [1.54, 1.807) is 18.2 Å². The van der Waals surface area contributed by atoms with Gasteiger partial charge in [0.2, 0.25) is 0 Å². The third-order valence-corrected chi connectivity index (χ3v) is 3.03. The fourth-order valence-electron chi connectivity index (χ4n) is 1.44. The fraction of sp³-hybridized carbons (Fsp3) is 0.500. The number of nitrogens with one attached hydrogen (secondary N) is 1. The number of hydrogen-bond donors (Lipinski definition) is 3. The number of carbonyl (C=O) groups excluding carboxylic acids is 1. The first-order chi connectivity index (χ1) is 8.00. The first kappa shape index (κ1) is 13.4. The highest BCUT2D eigenvalue weighted by Crippen LogP contribution is 2.13. The molecule has 1 aromatic rings. The molecular weight excluding hydrogens is 216 g/mol. The zero-order valence-electron chi connectivity index (χ0n) is 10.4. The van der Waals surface area contributed by atoms with E-state index in [0.29, 0.717) is 12.4 Å². The molecule has 5 nitrogen and oxygen atoms in total. The zero-order valence-corrected chi connectivity index (χ0v) is 10.4. The molecule has 0 aliphatic heterocycles. The second-order valence-corrected chi connectivity index (χ2v) is 4.20. The van der Waals surface area contributed by atoms with E-state index in [2.05, 4.69) is 24.1 Å². The summed E-state index contributed by atoms with van der Waals surface area (Å²) in [6.07, 6.45) is 1.76. The number of hydrogen-bond acceptors (Lipinski definition) is 4. The number of carbonyl (C=O) groups is 1. The largest absolute Gasteiger partial charge is 0.368 e. The van der Waals surface area contributed by atoms with Crippen LogP contribution in [0.25, 0.3) is 0 Å². The van der Waals surface area contributed by atoms with Gasteiger partial charge in [-0.25, -0.2) is 4.98 Å². The van der Waals surface area contributed by atoms with E-state index in [4.69, 9.17) is 11.5 Å². The zero-order chi connectivity index (χ0) is 12.9. The van der Waals surface area contributed by atoms with Crippen LogP contribution in [-0.2, 0) is 0 Å². The Hall–Kier alpha value is -1.62. The van der Waals surface area contributed by atoms with Crippen LogP contribution in [0, 0.1) is 0 Å². The van der Waals surface area contributed by atoms with Crippen LogP contribution in [0.3, 0.4) is 0 Å². The van der Waals surface area contributed by atoms with Crippen LogP contribution in [0.1, 0.15) is 37.2 Å². The molecule has 1 aromatic heterocycles. The molecule has 0 aliphatic carbocycles. The van der Waals surface area contributed by atoms with E-state index in [0.717, 1.165) is 12.8 Å². The Morgan fingerprint density at radius 2 is 2.06 bits per heavy atom. The molecule has 1 amide bonds. The third kappa shape index (κ3) is 3.71. The van der Waals surface area contributed by atoms with Gasteiger partial charge in [0.1, 0.15) is 11.5 Å². The Morgan fingerprint density at radius 1 is 1.41 bits per heavy atom. The molecule has 5 heteroatoms. The number of primary amides is 1. The molecule has 1 heterocycles. The summed E-state index contributed by atoms with van der Waals surface area (Å²) in [5.74, 6) is 0.0941. The maximum Gasteiger partial charge on any atom is 0.267 e. The normalized spacial score (nSPS) is 11.2. The SMILES string of the molecule is CCC(N)(CC)CNc1cccc(C(N)=O)n1. The Morgan fingerprint density at radius 3 is 2.59 bits per heavy atom. The molecule has 0 aliphatic rings. The van der Waals surface area contributed by atoms with Crippen molar-refractivity contribution in [3.05, 3.63) is 23.9 Å². The summed E-state index contributed by atoms with van der Waals surface area (Å²) in [7, 11) is 0. The number of amides is 1. The molecule has 0 fully saturated rings. The highest BCUT2D eigenvalue weighted by atomic mass is 16.1. The van der Waals surface area contributed by atoms with Gasteiger partial charge in [0.05, 0.1) is 0 Å². The second-order valence-electron chi connectivity index (χ2n) is 4.20. The molecule has 0 saturated carbocycles. The van der Waals surface area contributed by atoms with Crippen LogP contribution in [0.4, 0.5) is 5.82 Å². The molecule has 0 unspecified atom stereocenters. The first-order valence-corrected chi connectivity index (χ1v) is 5.80. The molecule has 0 saturated heterocycles. The molecule has 0 radical (unpaired) electrons. The Balaban J connectivity index is 2.69. The summed E-state index contributed by atoms with van der Waals surface area (Å²) in [6.45, 7) is 4.73. The minimum atomic E-state index is -0.529. The average Bonchev–Trinajstić information content (AvgIpc) is 2.36.